The van der Waals surface area contributed by atoms with Crippen LogP contribution < -0.4 is 10.1 Å². The Bertz CT molecular complexity index is 572. The van der Waals surface area contributed by atoms with Crippen LogP contribution in [-0.2, 0) is 6.42 Å². The molecule has 1 N–H and O–H groups in total. The minimum Gasteiger partial charge on any atom is -0.494 e. The van der Waals surface area contributed by atoms with Gasteiger partial charge in [-0.05, 0) is 56.6 Å². The van der Waals surface area contributed by atoms with E-state index in [1.807, 2.05) is 13.0 Å². The second-order valence-electron chi connectivity index (χ2n) is 7.05. The summed E-state index contributed by atoms with van der Waals surface area (Å²) in [5, 5.41) is 3.48. The standard InChI is InChI=1S/C20H31N3O.HI/c1-3-21-19(23-15-13-20(16-23)11-7-12-20)22-14-10-17-8-5-6-9-18(17)24-4-2;/h5-6,8-9H,3-4,7,10-16H2,1-2H3,(H,21,22);1H. The maximum absolute atomic E-state index is 5.72. The summed E-state index contributed by atoms with van der Waals surface area (Å²) in [5.74, 6) is 2.09. The molecule has 2 aliphatic rings. The van der Waals surface area contributed by atoms with E-state index in [0.717, 1.165) is 37.8 Å². The topological polar surface area (TPSA) is 36.9 Å². The van der Waals surface area contributed by atoms with Gasteiger partial charge in [0.05, 0.1) is 6.61 Å². The van der Waals surface area contributed by atoms with E-state index in [-0.39, 0.29) is 24.0 Å². The fraction of sp³-hybridized carbons (Fsp3) is 0.650. The van der Waals surface area contributed by atoms with Crippen molar-refractivity contribution in [1.29, 1.82) is 0 Å². The number of hydrogen-bond donors (Lipinski definition) is 1. The Morgan fingerprint density at radius 3 is 2.68 bits per heavy atom. The maximum atomic E-state index is 5.72. The number of aliphatic imine (C=N–C) groups is 1. The molecule has 1 aromatic carbocycles. The summed E-state index contributed by atoms with van der Waals surface area (Å²) in [6.45, 7) is 8.96. The highest BCUT2D eigenvalue weighted by Gasteiger charge is 2.43. The molecule has 3 rings (SSSR count). The van der Waals surface area contributed by atoms with Gasteiger partial charge < -0.3 is 15.0 Å². The number of nitrogens with zero attached hydrogens (tertiary/aromatic N) is 2. The molecule has 25 heavy (non-hydrogen) atoms. The Morgan fingerprint density at radius 2 is 2.04 bits per heavy atom. The van der Waals surface area contributed by atoms with Gasteiger partial charge in [-0.1, -0.05) is 24.6 Å². The average Bonchev–Trinajstić information content (AvgIpc) is 3.02. The lowest BCUT2D eigenvalue weighted by Crippen LogP contribution is -2.42. The molecule has 0 atom stereocenters. The van der Waals surface area contributed by atoms with E-state index in [0.29, 0.717) is 12.0 Å². The zero-order valence-corrected chi connectivity index (χ0v) is 17.9. The quantitative estimate of drug-likeness (QED) is 0.397. The molecule has 1 aliphatic carbocycles. The fourth-order valence-corrected chi connectivity index (χ4v) is 3.92. The van der Waals surface area contributed by atoms with Gasteiger partial charge in [0.25, 0.3) is 0 Å². The molecule has 0 amide bonds. The zero-order chi connectivity index (χ0) is 16.8. The smallest absolute Gasteiger partial charge is 0.193 e. The van der Waals surface area contributed by atoms with Crippen LogP contribution in [0.5, 0.6) is 5.75 Å². The van der Waals surface area contributed by atoms with Crippen molar-refractivity contribution in [3.05, 3.63) is 29.8 Å². The van der Waals surface area contributed by atoms with Gasteiger partial charge in [-0.2, -0.15) is 0 Å². The number of para-hydroxylation sites is 1. The van der Waals surface area contributed by atoms with Crippen molar-refractivity contribution in [1.82, 2.24) is 10.2 Å². The first-order valence-electron chi connectivity index (χ1n) is 9.50. The predicted octanol–water partition coefficient (Wildman–Crippen LogP) is 4.09. The summed E-state index contributed by atoms with van der Waals surface area (Å²) in [4.78, 5) is 7.36. The van der Waals surface area contributed by atoms with Crippen LogP contribution in [0.15, 0.2) is 29.3 Å². The number of hydrogen-bond acceptors (Lipinski definition) is 2. The Hall–Kier alpha value is -0.980. The van der Waals surface area contributed by atoms with E-state index in [1.54, 1.807) is 0 Å². The lowest BCUT2D eigenvalue weighted by atomic mass is 9.68. The minimum atomic E-state index is 0. The normalized spacial score (nSPS) is 18.6. The molecular weight excluding hydrogens is 425 g/mol. The van der Waals surface area contributed by atoms with Gasteiger partial charge in [0.15, 0.2) is 5.96 Å². The van der Waals surface area contributed by atoms with Crippen LogP contribution in [0.3, 0.4) is 0 Å². The van der Waals surface area contributed by atoms with Crippen LogP contribution in [0, 0.1) is 5.41 Å². The second-order valence-corrected chi connectivity index (χ2v) is 7.05. The molecule has 1 aromatic rings. The molecule has 5 heteroatoms. The summed E-state index contributed by atoms with van der Waals surface area (Å²) in [5.41, 5.74) is 1.86. The monoisotopic (exact) mass is 457 g/mol. The Morgan fingerprint density at radius 1 is 1.24 bits per heavy atom. The van der Waals surface area contributed by atoms with Gasteiger partial charge in [0, 0.05) is 26.2 Å². The highest BCUT2D eigenvalue weighted by Crippen LogP contribution is 2.47. The molecular formula is C20H32IN3O. The molecule has 0 aromatic heterocycles. The number of rotatable bonds is 6. The van der Waals surface area contributed by atoms with Crippen LogP contribution in [0.25, 0.3) is 0 Å². The SMILES string of the molecule is CCNC(=NCCc1ccccc1OCC)N1CCC2(CCC2)C1.I. The molecule has 1 saturated carbocycles. The van der Waals surface area contributed by atoms with Crippen molar-refractivity contribution in [2.24, 2.45) is 10.4 Å². The molecule has 1 saturated heterocycles. The summed E-state index contributed by atoms with van der Waals surface area (Å²) in [6.07, 6.45) is 6.49. The highest BCUT2D eigenvalue weighted by atomic mass is 127. The van der Waals surface area contributed by atoms with Crippen LogP contribution in [0.2, 0.25) is 0 Å². The number of halogens is 1. The van der Waals surface area contributed by atoms with Gasteiger partial charge in [-0.25, -0.2) is 0 Å². The van der Waals surface area contributed by atoms with E-state index in [2.05, 4.69) is 35.3 Å². The second kappa shape index (κ2) is 9.64. The summed E-state index contributed by atoms with van der Waals surface area (Å²) in [6, 6.07) is 8.30. The molecule has 1 aliphatic heterocycles. The molecule has 2 fully saturated rings. The maximum Gasteiger partial charge on any atom is 0.193 e. The first kappa shape index (κ1) is 20.3. The molecule has 4 nitrogen and oxygen atoms in total. The van der Waals surface area contributed by atoms with Gasteiger partial charge in [-0.15, -0.1) is 24.0 Å². The van der Waals surface area contributed by atoms with Gasteiger partial charge in [0.1, 0.15) is 5.75 Å². The molecule has 1 heterocycles. The fourth-order valence-electron chi connectivity index (χ4n) is 3.92. The van der Waals surface area contributed by atoms with Gasteiger partial charge in [-0.3, -0.25) is 4.99 Å². The third-order valence-corrected chi connectivity index (χ3v) is 5.40. The number of likely N-dealkylation sites (tertiary alicyclic amines) is 1. The zero-order valence-electron chi connectivity index (χ0n) is 15.6. The van der Waals surface area contributed by atoms with Crippen molar-refractivity contribution in [2.45, 2.75) is 46.0 Å². The minimum absolute atomic E-state index is 0. The van der Waals surface area contributed by atoms with E-state index in [1.165, 1.54) is 37.8 Å². The van der Waals surface area contributed by atoms with E-state index in [9.17, 15) is 0 Å². The number of guanidine groups is 1. The molecule has 0 bridgehead atoms. The lowest BCUT2D eigenvalue weighted by Gasteiger charge is -2.38. The summed E-state index contributed by atoms with van der Waals surface area (Å²) >= 11 is 0. The van der Waals surface area contributed by atoms with Crippen molar-refractivity contribution in [3.8, 4) is 5.75 Å². The number of nitrogens with one attached hydrogen (secondary N) is 1. The third kappa shape index (κ3) is 5.02. The van der Waals surface area contributed by atoms with E-state index in [4.69, 9.17) is 9.73 Å². The van der Waals surface area contributed by atoms with Crippen LogP contribution >= 0.6 is 24.0 Å². The molecule has 0 unspecified atom stereocenters. The van der Waals surface area contributed by atoms with E-state index >= 15 is 0 Å². The van der Waals surface area contributed by atoms with E-state index < -0.39 is 0 Å². The molecule has 1 spiro atoms. The predicted molar refractivity (Wildman–Crippen MR) is 115 cm³/mol. The molecule has 0 radical (unpaired) electrons. The first-order chi connectivity index (χ1) is 11.8. The Kier molecular flexibility index (Phi) is 7.84. The van der Waals surface area contributed by atoms with Gasteiger partial charge in [0.2, 0.25) is 0 Å². The highest BCUT2D eigenvalue weighted by molar-refractivity contribution is 14.0. The van der Waals surface area contributed by atoms with Crippen molar-refractivity contribution >= 4 is 29.9 Å². The Labute approximate surface area is 169 Å². The third-order valence-electron chi connectivity index (χ3n) is 5.40. The van der Waals surface area contributed by atoms with Crippen LogP contribution in [0.1, 0.15) is 45.1 Å². The summed E-state index contributed by atoms with van der Waals surface area (Å²) in [7, 11) is 0. The largest absolute Gasteiger partial charge is 0.494 e. The first-order valence-corrected chi connectivity index (χ1v) is 9.50. The Balaban J connectivity index is 0.00000225. The van der Waals surface area contributed by atoms with Crippen LogP contribution in [-0.4, -0.2) is 43.6 Å². The molecule has 140 valence electrons. The van der Waals surface area contributed by atoms with Crippen LogP contribution in [0.4, 0.5) is 0 Å². The van der Waals surface area contributed by atoms with Crippen molar-refractivity contribution in [3.63, 3.8) is 0 Å². The van der Waals surface area contributed by atoms with Gasteiger partial charge >= 0.3 is 0 Å². The average molecular weight is 457 g/mol. The number of ether oxygens (including phenoxy) is 1. The van der Waals surface area contributed by atoms with Crippen molar-refractivity contribution in [2.75, 3.05) is 32.8 Å². The number of benzene rings is 1. The summed E-state index contributed by atoms with van der Waals surface area (Å²) < 4.78 is 5.72. The lowest BCUT2D eigenvalue weighted by molar-refractivity contribution is 0.151. The van der Waals surface area contributed by atoms with Crippen molar-refractivity contribution < 1.29 is 4.74 Å².